The second kappa shape index (κ2) is 9.42. The van der Waals surface area contributed by atoms with Gasteiger partial charge in [0.2, 0.25) is 5.88 Å². The summed E-state index contributed by atoms with van der Waals surface area (Å²) >= 11 is 0. The lowest BCUT2D eigenvalue weighted by Gasteiger charge is -2.13. The van der Waals surface area contributed by atoms with Crippen molar-refractivity contribution in [2.45, 2.75) is 31.8 Å². The van der Waals surface area contributed by atoms with Gasteiger partial charge in [0.1, 0.15) is 6.10 Å². The molecule has 4 rings (SSSR count). The van der Waals surface area contributed by atoms with Crippen molar-refractivity contribution in [2.24, 2.45) is 0 Å². The van der Waals surface area contributed by atoms with Crippen molar-refractivity contribution in [3.63, 3.8) is 0 Å². The largest absolute Gasteiger partial charge is 0.474 e. The van der Waals surface area contributed by atoms with E-state index in [2.05, 4.69) is 25.8 Å². The standard InChI is InChI=1S/C23H26N6O2/c1-29(2)19-13-21(28-25-15-19)26-17-8-10-18(11-9-17)27-23(30)16-7-12-22(24-14-16)31-20-5-3-4-6-20/h7-15,20H,3-6H2,1-2H3,(H,26,28)(H,27,30). The minimum atomic E-state index is -0.217. The lowest BCUT2D eigenvalue weighted by molar-refractivity contribution is 0.102. The molecule has 0 radical (unpaired) electrons. The summed E-state index contributed by atoms with van der Waals surface area (Å²) in [4.78, 5) is 18.8. The monoisotopic (exact) mass is 418 g/mol. The van der Waals surface area contributed by atoms with Gasteiger partial charge in [-0.15, -0.1) is 5.10 Å². The van der Waals surface area contributed by atoms with Crippen LogP contribution in [-0.2, 0) is 0 Å². The number of ether oxygens (including phenoxy) is 1. The van der Waals surface area contributed by atoms with E-state index in [9.17, 15) is 4.79 Å². The summed E-state index contributed by atoms with van der Waals surface area (Å²) in [5, 5.41) is 14.2. The highest BCUT2D eigenvalue weighted by molar-refractivity contribution is 6.04. The van der Waals surface area contributed by atoms with Crippen LogP contribution in [0.5, 0.6) is 5.88 Å². The maximum atomic E-state index is 12.5. The van der Waals surface area contributed by atoms with Crippen molar-refractivity contribution in [3.05, 3.63) is 60.4 Å². The summed E-state index contributed by atoms with van der Waals surface area (Å²) in [7, 11) is 3.90. The Balaban J connectivity index is 1.34. The van der Waals surface area contributed by atoms with Gasteiger partial charge in [-0.2, -0.15) is 5.10 Å². The molecule has 0 bridgehead atoms. The van der Waals surface area contributed by atoms with Crippen LogP contribution in [0.15, 0.2) is 54.9 Å². The van der Waals surface area contributed by atoms with Crippen molar-refractivity contribution >= 4 is 28.8 Å². The molecule has 160 valence electrons. The molecule has 2 N–H and O–H groups in total. The third-order valence-electron chi connectivity index (χ3n) is 5.16. The number of nitrogens with one attached hydrogen (secondary N) is 2. The minimum absolute atomic E-state index is 0.217. The van der Waals surface area contributed by atoms with Crippen LogP contribution in [0.1, 0.15) is 36.0 Å². The van der Waals surface area contributed by atoms with E-state index in [-0.39, 0.29) is 12.0 Å². The molecule has 31 heavy (non-hydrogen) atoms. The van der Waals surface area contributed by atoms with Crippen LogP contribution in [0.25, 0.3) is 0 Å². The van der Waals surface area contributed by atoms with Gasteiger partial charge in [-0.1, -0.05) is 0 Å². The first-order valence-corrected chi connectivity index (χ1v) is 10.4. The van der Waals surface area contributed by atoms with Crippen molar-refractivity contribution in [1.82, 2.24) is 15.2 Å². The molecular formula is C23H26N6O2. The van der Waals surface area contributed by atoms with Crippen molar-refractivity contribution in [3.8, 4) is 5.88 Å². The highest BCUT2D eigenvalue weighted by Gasteiger charge is 2.17. The average molecular weight is 419 g/mol. The van der Waals surface area contributed by atoms with Crippen LogP contribution in [0, 0.1) is 0 Å². The Kier molecular flexibility index (Phi) is 6.26. The summed E-state index contributed by atoms with van der Waals surface area (Å²) in [6.07, 6.45) is 8.05. The number of carbonyl (C=O) groups excluding carboxylic acids is 1. The average Bonchev–Trinajstić information content (AvgIpc) is 3.29. The summed E-state index contributed by atoms with van der Waals surface area (Å²) in [6, 6.07) is 12.8. The summed E-state index contributed by atoms with van der Waals surface area (Å²) in [5.41, 5.74) is 2.97. The fourth-order valence-electron chi connectivity index (χ4n) is 3.41. The molecule has 1 aliphatic rings. The van der Waals surface area contributed by atoms with Gasteiger partial charge in [0.25, 0.3) is 5.91 Å². The maximum Gasteiger partial charge on any atom is 0.257 e. The van der Waals surface area contributed by atoms with Gasteiger partial charge in [0.15, 0.2) is 5.82 Å². The Labute approximate surface area is 181 Å². The number of rotatable bonds is 7. The molecule has 1 fully saturated rings. The van der Waals surface area contributed by atoms with Crippen molar-refractivity contribution in [1.29, 1.82) is 0 Å². The Morgan fingerprint density at radius 2 is 1.77 bits per heavy atom. The van der Waals surface area contributed by atoms with E-state index in [0.717, 1.165) is 24.2 Å². The molecule has 1 amide bonds. The van der Waals surface area contributed by atoms with E-state index in [4.69, 9.17) is 4.74 Å². The van der Waals surface area contributed by atoms with E-state index in [1.54, 1.807) is 24.5 Å². The zero-order chi connectivity index (χ0) is 21.6. The zero-order valence-electron chi connectivity index (χ0n) is 17.7. The van der Waals surface area contributed by atoms with E-state index in [1.165, 1.54) is 12.8 Å². The van der Waals surface area contributed by atoms with Gasteiger partial charge in [-0.25, -0.2) is 4.98 Å². The van der Waals surface area contributed by atoms with Crippen molar-refractivity contribution in [2.75, 3.05) is 29.6 Å². The molecule has 0 saturated heterocycles. The fraction of sp³-hybridized carbons (Fsp3) is 0.304. The first-order chi connectivity index (χ1) is 15.1. The number of aromatic nitrogens is 3. The third-order valence-corrected chi connectivity index (χ3v) is 5.16. The Morgan fingerprint density at radius 1 is 1.03 bits per heavy atom. The van der Waals surface area contributed by atoms with Crippen LogP contribution in [0.2, 0.25) is 0 Å². The quantitative estimate of drug-likeness (QED) is 0.592. The van der Waals surface area contributed by atoms with Crippen LogP contribution >= 0.6 is 0 Å². The predicted octanol–water partition coefficient (Wildman–Crippen LogP) is 4.25. The highest BCUT2D eigenvalue weighted by atomic mass is 16.5. The minimum Gasteiger partial charge on any atom is -0.474 e. The van der Waals surface area contributed by atoms with Crippen LogP contribution in [-0.4, -0.2) is 41.3 Å². The van der Waals surface area contributed by atoms with Crippen LogP contribution in [0.4, 0.5) is 22.9 Å². The van der Waals surface area contributed by atoms with E-state index in [1.807, 2.05) is 49.3 Å². The Hall–Kier alpha value is -3.68. The molecule has 1 aromatic carbocycles. The van der Waals surface area contributed by atoms with Crippen LogP contribution in [0.3, 0.4) is 0 Å². The molecule has 0 atom stereocenters. The van der Waals surface area contributed by atoms with Gasteiger partial charge < -0.3 is 20.3 Å². The smallest absolute Gasteiger partial charge is 0.257 e. The van der Waals surface area contributed by atoms with E-state index >= 15 is 0 Å². The molecule has 3 aromatic rings. The summed E-state index contributed by atoms with van der Waals surface area (Å²) in [6.45, 7) is 0. The fourth-order valence-corrected chi connectivity index (χ4v) is 3.41. The molecule has 2 heterocycles. The second-order valence-corrected chi connectivity index (χ2v) is 7.76. The Morgan fingerprint density at radius 3 is 2.45 bits per heavy atom. The normalized spacial score (nSPS) is 13.6. The van der Waals surface area contributed by atoms with E-state index in [0.29, 0.717) is 22.9 Å². The summed E-state index contributed by atoms with van der Waals surface area (Å²) in [5.74, 6) is 1.000. The van der Waals surface area contributed by atoms with Crippen molar-refractivity contribution < 1.29 is 9.53 Å². The summed E-state index contributed by atoms with van der Waals surface area (Å²) < 4.78 is 5.85. The van der Waals surface area contributed by atoms with Gasteiger partial charge in [-0.05, 0) is 56.0 Å². The van der Waals surface area contributed by atoms with Crippen LogP contribution < -0.4 is 20.3 Å². The van der Waals surface area contributed by atoms with Gasteiger partial charge in [0.05, 0.1) is 17.4 Å². The number of nitrogens with zero attached hydrogens (tertiary/aromatic N) is 4. The lowest BCUT2D eigenvalue weighted by Crippen LogP contribution is -2.14. The van der Waals surface area contributed by atoms with Gasteiger partial charge in [0, 0.05) is 43.8 Å². The number of hydrogen-bond acceptors (Lipinski definition) is 7. The number of anilines is 4. The number of benzene rings is 1. The molecule has 1 aliphatic carbocycles. The molecule has 8 nitrogen and oxygen atoms in total. The SMILES string of the molecule is CN(C)c1cnnc(Nc2ccc(NC(=O)c3ccc(OC4CCCC4)nc3)cc2)c1. The first-order valence-electron chi connectivity index (χ1n) is 10.4. The molecule has 0 aliphatic heterocycles. The number of amides is 1. The topological polar surface area (TPSA) is 92.3 Å². The molecule has 0 spiro atoms. The lowest BCUT2D eigenvalue weighted by atomic mass is 10.2. The molecule has 8 heteroatoms. The third kappa shape index (κ3) is 5.48. The molecule has 0 unspecified atom stereocenters. The van der Waals surface area contributed by atoms with Gasteiger partial charge in [-0.3, -0.25) is 4.79 Å². The molecular weight excluding hydrogens is 392 g/mol. The van der Waals surface area contributed by atoms with Gasteiger partial charge >= 0.3 is 0 Å². The van der Waals surface area contributed by atoms with E-state index < -0.39 is 0 Å². The number of carbonyl (C=O) groups is 1. The highest BCUT2D eigenvalue weighted by Crippen LogP contribution is 2.23. The number of pyridine rings is 1. The molecule has 2 aromatic heterocycles. The number of hydrogen-bond donors (Lipinski definition) is 2. The second-order valence-electron chi connectivity index (χ2n) is 7.76. The maximum absolute atomic E-state index is 12.5. The Bertz CT molecular complexity index is 1010. The first kappa shape index (κ1) is 20.6. The predicted molar refractivity (Wildman–Crippen MR) is 121 cm³/mol. The zero-order valence-corrected chi connectivity index (χ0v) is 17.7. The molecule has 1 saturated carbocycles.